The van der Waals surface area contributed by atoms with Crippen molar-refractivity contribution in [2.24, 2.45) is 0 Å². The van der Waals surface area contributed by atoms with Crippen molar-refractivity contribution in [2.45, 2.75) is 39.0 Å². The first kappa shape index (κ1) is 24.8. The Labute approximate surface area is 223 Å². The molecule has 0 aliphatic heterocycles. The minimum atomic E-state index is -0.422. The zero-order valence-electron chi connectivity index (χ0n) is 19.9. The van der Waals surface area contributed by atoms with Crippen LogP contribution in [0, 0.1) is 6.92 Å². The highest BCUT2D eigenvalue weighted by Crippen LogP contribution is 2.39. The minimum absolute atomic E-state index is 0.306. The third-order valence-corrected chi connectivity index (χ3v) is 8.34. The van der Waals surface area contributed by atoms with E-state index >= 15 is 0 Å². The average molecular weight is 539 g/mol. The van der Waals surface area contributed by atoms with Crippen LogP contribution in [-0.4, -0.2) is 24.0 Å². The second kappa shape index (κ2) is 10.2. The second-order valence-corrected chi connectivity index (χ2v) is 10.8. The zero-order valence-corrected chi connectivity index (χ0v) is 22.2. The third-order valence-electron chi connectivity index (χ3n) is 6.59. The number of halogens is 2. The lowest BCUT2D eigenvalue weighted by Crippen LogP contribution is -2.17. The van der Waals surface area contributed by atoms with E-state index in [0.29, 0.717) is 48.5 Å². The molecule has 4 aromatic rings. The van der Waals surface area contributed by atoms with E-state index in [1.807, 2.05) is 37.3 Å². The third kappa shape index (κ3) is 4.49. The SMILES string of the molecule is COC(=O)c1c(NC(=O)c2c(C)c(-c3ccc(Cl)cc3Cl)nc3ccccc23)sc2c1CCCCC2. The van der Waals surface area contributed by atoms with Gasteiger partial charge >= 0.3 is 5.97 Å². The highest BCUT2D eigenvalue weighted by Gasteiger charge is 2.28. The molecule has 0 atom stereocenters. The number of nitrogens with one attached hydrogen (secondary N) is 1. The molecule has 8 heteroatoms. The number of hydrogen-bond acceptors (Lipinski definition) is 5. The van der Waals surface area contributed by atoms with Crippen molar-refractivity contribution in [3.8, 4) is 11.3 Å². The van der Waals surface area contributed by atoms with Crippen LogP contribution < -0.4 is 5.32 Å². The lowest BCUT2D eigenvalue weighted by Gasteiger charge is -2.16. The van der Waals surface area contributed by atoms with E-state index in [4.69, 9.17) is 32.9 Å². The van der Waals surface area contributed by atoms with Crippen LogP contribution in [0.15, 0.2) is 42.5 Å². The quantitative estimate of drug-likeness (QED) is 0.212. The largest absolute Gasteiger partial charge is 0.465 e. The molecule has 0 spiro atoms. The summed E-state index contributed by atoms with van der Waals surface area (Å²) in [4.78, 5) is 32.6. The maximum absolute atomic E-state index is 13.9. The lowest BCUT2D eigenvalue weighted by atomic mass is 9.97. The van der Waals surface area contributed by atoms with Crippen molar-refractivity contribution >= 4 is 62.3 Å². The van der Waals surface area contributed by atoms with Crippen LogP contribution in [-0.2, 0) is 17.6 Å². The number of fused-ring (bicyclic) bond motifs is 2. The van der Waals surface area contributed by atoms with Crippen molar-refractivity contribution in [3.63, 3.8) is 0 Å². The van der Waals surface area contributed by atoms with Gasteiger partial charge in [0.25, 0.3) is 5.91 Å². The molecule has 5 rings (SSSR count). The molecule has 0 saturated heterocycles. The maximum Gasteiger partial charge on any atom is 0.341 e. The molecule has 0 fully saturated rings. The molecule has 2 heterocycles. The number of benzene rings is 2. The molecule has 1 N–H and O–H groups in total. The molecular formula is C28H24Cl2N2O3S. The number of anilines is 1. The van der Waals surface area contributed by atoms with Crippen LogP contribution in [0.4, 0.5) is 5.00 Å². The smallest absolute Gasteiger partial charge is 0.341 e. The number of esters is 1. The van der Waals surface area contributed by atoms with Crippen LogP contribution in [0.1, 0.15) is 56.0 Å². The van der Waals surface area contributed by atoms with Crippen LogP contribution >= 0.6 is 34.5 Å². The zero-order chi connectivity index (χ0) is 25.4. The van der Waals surface area contributed by atoms with Crippen LogP contribution in [0.25, 0.3) is 22.2 Å². The van der Waals surface area contributed by atoms with Gasteiger partial charge in [-0.05, 0) is 68.0 Å². The van der Waals surface area contributed by atoms with Gasteiger partial charge in [-0.1, -0.05) is 47.8 Å². The number of pyridine rings is 1. The lowest BCUT2D eigenvalue weighted by molar-refractivity contribution is 0.0601. The molecule has 1 aliphatic carbocycles. The number of para-hydroxylation sites is 1. The fraction of sp³-hybridized carbons (Fsp3) is 0.250. The van der Waals surface area contributed by atoms with Gasteiger partial charge in [0, 0.05) is 20.8 Å². The van der Waals surface area contributed by atoms with E-state index in [0.717, 1.165) is 47.9 Å². The fourth-order valence-electron chi connectivity index (χ4n) is 4.86. The molecule has 1 aliphatic rings. The molecule has 0 unspecified atom stereocenters. The van der Waals surface area contributed by atoms with Gasteiger partial charge in [-0.3, -0.25) is 4.79 Å². The fourth-order valence-corrected chi connectivity index (χ4v) is 6.63. The normalized spacial score (nSPS) is 13.2. The van der Waals surface area contributed by atoms with E-state index in [1.165, 1.54) is 18.4 Å². The predicted molar refractivity (Wildman–Crippen MR) is 147 cm³/mol. The Balaban J connectivity index is 1.64. The number of amides is 1. The number of ether oxygens (including phenoxy) is 1. The standard InChI is InChI=1S/C28H24Cl2N2O3S/c1-15-23(18-8-6-7-10-21(18)31-25(15)17-13-12-16(29)14-20(17)30)26(33)32-27-24(28(34)35-2)19-9-4-3-5-11-22(19)36-27/h6-8,10,12-14H,3-5,9,11H2,1-2H3,(H,32,33). The Kier molecular flexibility index (Phi) is 7.02. The summed E-state index contributed by atoms with van der Waals surface area (Å²) in [6, 6.07) is 12.7. The summed E-state index contributed by atoms with van der Waals surface area (Å²) in [6.07, 6.45) is 4.92. The maximum atomic E-state index is 13.9. The van der Waals surface area contributed by atoms with Crippen molar-refractivity contribution in [3.05, 3.63) is 79.6 Å². The van der Waals surface area contributed by atoms with Crippen LogP contribution in [0.3, 0.4) is 0 Å². The summed E-state index contributed by atoms with van der Waals surface area (Å²) in [5, 5.41) is 5.28. The summed E-state index contributed by atoms with van der Waals surface area (Å²) < 4.78 is 5.10. The number of rotatable bonds is 4. The summed E-state index contributed by atoms with van der Waals surface area (Å²) in [7, 11) is 1.37. The monoisotopic (exact) mass is 538 g/mol. The number of thiophene rings is 1. The second-order valence-electron chi connectivity index (χ2n) is 8.82. The molecule has 36 heavy (non-hydrogen) atoms. The van der Waals surface area contributed by atoms with Gasteiger partial charge in [0.1, 0.15) is 5.00 Å². The van der Waals surface area contributed by atoms with Crippen LogP contribution in [0.5, 0.6) is 0 Å². The number of hydrogen-bond donors (Lipinski definition) is 1. The highest BCUT2D eigenvalue weighted by atomic mass is 35.5. The Morgan fingerprint density at radius 2 is 1.81 bits per heavy atom. The Bertz CT molecular complexity index is 1510. The number of nitrogens with zero attached hydrogens (tertiary/aromatic N) is 1. The Morgan fingerprint density at radius 3 is 2.58 bits per heavy atom. The topological polar surface area (TPSA) is 68.3 Å². The molecule has 2 aromatic heterocycles. The van der Waals surface area contributed by atoms with E-state index in [-0.39, 0.29) is 5.91 Å². The minimum Gasteiger partial charge on any atom is -0.465 e. The first-order chi connectivity index (χ1) is 17.4. The molecule has 2 aromatic carbocycles. The van der Waals surface area contributed by atoms with Gasteiger partial charge < -0.3 is 10.1 Å². The number of carbonyl (C=O) groups is 2. The molecule has 1 amide bonds. The van der Waals surface area contributed by atoms with E-state index in [1.54, 1.807) is 12.1 Å². The molecule has 184 valence electrons. The van der Waals surface area contributed by atoms with Gasteiger partial charge in [0.05, 0.1) is 34.5 Å². The average Bonchev–Trinajstić information content (AvgIpc) is 3.03. The molecular weight excluding hydrogens is 515 g/mol. The summed E-state index contributed by atoms with van der Waals surface area (Å²) >= 11 is 14.1. The summed E-state index contributed by atoms with van der Waals surface area (Å²) in [5.74, 6) is -0.728. The van der Waals surface area contributed by atoms with Crippen LogP contribution in [0.2, 0.25) is 10.0 Å². The van der Waals surface area contributed by atoms with Gasteiger partial charge in [-0.2, -0.15) is 0 Å². The Morgan fingerprint density at radius 1 is 1.03 bits per heavy atom. The van der Waals surface area contributed by atoms with E-state index in [9.17, 15) is 9.59 Å². The van der Waals surface area contributed by atoms with Crippen molar-refractivity contribution in [2.75, 3.05) is 12.4 Å². The summed E-state index contributed by atoms with van der Waals surface area (Å²) in [5.41, 5.74) is 4.63. The number of aromatic nitrogens is 1. The van der Waals surface area contributed by atoms with E-state index in [2.05, 4.69) is 5.32 Å². The van der Waals surface area contributed by atoms with E-state index < -0.39 is 5.97 Å². The van der Waals surface area contributed by atoms with Crippen molar-refractivity contribution in [1.29, 1.82) is 0 Å². The molecule has 0 saturated carbocycles. The number of aryl methyl sites for hydroxylation is 1. The molecule has 0 bridgehead atoms. The van der Waals surface area contributed by atoms with Gasteiger partial charge in [-0.15, -0.1) is 11.3 Å². The van der Waals surface area contributed by atoms with Crippen molar-refractivity contribution < 1.29 is 14.3 Å². The van der Waals surface area contributed by atoms with Gasteiger partial charge in [-0.25, -0.2) is 9.78 Å². The highest BCUT2D eigenvalue weighted by molar-refractivity contribution is 7.17. The number of carbonyl (C=O) groups excluding carboxylic acids is 2. The Hall–Kier alpha value is -2.93. The molecule has 0 radical (unpaired) electrons. The molecule has 5 nitrogen and oxygen atoms in total. The van der Waals surface area contributed by atoms with Gasteiger partial charge in [0.2, 0.25) is 0 Å². The first-order valence-corrected chi connectivity index (χ1v) is 13.3. The van der Waals surface area contributed by atoms with Crippen molar-refractivity contribution in [1.82, 2.24) is 4.98 Å². The first-order valence-electron chi connectivity index (χ1n) is 11.8. The van der Waals surface area contributed by atoms with Gasteiger partial charge in [0.15, 0.2) is 0 Å². The number of methoxy groups -OCH3 is 1. The predicted octanol–water partition coefficient (Wildman–Crippen LogP) is 7.89. The summed E-state index contributed by atoms with van der Waals surface area (Å²) in [6.45, 7) is 1.86.